The lowest BCUT2D eigenvalue weighted by atomic mass is 10.2. The van der Waals surface area contributed by atoms with E-state index in [2.05, 4.69) is 10.6 Å². The Morgan fingerprint density at radius 2 is 1.96 bits per heavy atom. The monoisotopic (exact) mass is 362 g/mol. The van der Waals surface area contributed by atoms with Crippen LogP contribution in [-0.2, 0) is 4.79 Å². The Morgan fingerprint density at radius 1 is 1.21 bits per heavy atom. The molecule has 8 heteroatoms. The zero-order valence-corrected chi connectivity index (χ0v) is 13.7. The van der Waals surface area contributed by atoms with Crippen molar-refractivity contribution in [3.8, 4) is 11.8 Å². The van der Waals surface area contributed by atoms with E-state index in [1.807, 2.05) is 0 Å². The number of phenols is 1. The summed E-state index contributed by atoms with van der Waals surface area (Å²) in [6.07, 6.45) is 1.16. The number of anilines is 3. The predicted octanol–water partition coefficient (Wildman–Crippen LogP) is 3.74. The first kappa shape index (κ1) is 17.5. The minimum atomic E-state index is -0.668. The summed E-state index contributed by atoms with van der Waals surface area (Å²) < 4.78 is 0. The third-order valence-corrected chi connectivity index (χ3v) is 3.48. The van der Waals surface area contributed by atoms with Gasteiger partial charge in [0.25, 0.3) is 5.91 Å². The highest BCUT2D eigenvalue weighted by atomic mass is 35.5. The van der Waals surface area contributed by atoms with Gasteiger partial charge in [0, 0.05) is 16.9 Å². The van der Waals surface area contributed by atoms with Crippen LogP contribution in [0.4, 0.5) is 17.1 Å². The molecule has 0 atom stereocenters. The van der Waals surface area contributed by atoms with Crippen molar-refractivity contribution in [2.45, 2.75) is 0 Å². The number of benzene rings is 2. The lowest BCUT2D eigenvalue weighted by Gasteiger charge is -2.08. The van der Waals surface area contributed by atoms with Gasteiger partial charge in [0.2, 0.25) is 0 Å². The van der Waals surface area contributed by atoms with Gasteiger partial charge >= 0.3 is 0 Å². The van der Waals surface area contributed by atoms with Crippen molar-refractivity contribution in [1.29, 1.82) is 5.26 Å². The molecule has 122 valence electrons. The van der Waals surface area contributed by atoms with E-state index < -0.39 is 5.91 Å². The number of nitrogens with zero attached hydrogens (tertiary/aromatic N) is 1. The highest BCUT2D eigenvalue weighted by Crippen LogP contribution is 2.27. The Labute approximate surface area is 148 Å². The first-order valence-electron chi connectivity index (χ1n) is 6.62. The number of nitrogens with one attached hydrogen (secondary N) is 2. The van der Waals surface area contributed by atoms with Gasteiger partial charge in [-0.05, 0) is 36.4 Å². The summed E-state index contributed by atoms with van der Waals surface area (Å²) in [5.74, 6) is -0.742. The number of nitriles is 1. The SMILES string of the molecule is N#C/C(=C/Nc1cc(Cl)ccc1O)C(=O)Nc1ccc(N)cc1Cl. The summed E-state index contributed by atoms with van der Waals surface area (Å²) in [6, 6.07) is 10.7. The zero-order valence-electron chi connectivity index (χ0n) is 12.2. The van der Waals surface area contributed by atoms with E-state index in [1.165, 1.54) is 30.3 Å². The molecule has 5 N–H and O–H groups in total. The maximum atomic E-state index is 12.1. The van der Waals surface area contributed by atoms with Crippen molar-refractivity contribution in [3.63, 3.8) is 0 Å². The van der Waals surface area contributed by atoms with Gasteiger partial charge in [0.1, 0.15) is 17.4 Å². The number of hydrogen-bond donors (Lipinski definition) is 4. The van der Waals surface area contributed by atoms with Crippen LogP contribution in [0.3, 0.4) is 0 Å². The van der Waals surface area contributed by atoms with Crippen LogP contribution in [-0.4, -0.2) is 11.0 Å². The topological polar surface area (TPSA) is 111 Å². The molecule has 0 saturated carbocycles. The van der Waals surface area contributed by atoms with Crippen LogP contribution in [0.15, 0.2) is 48.2 Å². The molecule has 0 radical (unpaired) electrons. The van der Waals surface area contributed by atoms with Crippen molar-refractivity contribution in [3.05, 3.63) is 58.2 Å². The number of rotatable bonds is 4. The molecule has 0 heterocycles. The van der Waals surface area contributed by atoms with Crippen LogP contribution in [0.1, 0.15) is 0 Å². The quantitative estimate of drug-likeness (QED) is 0.286. The summed E-state index contributed by atoms with van der Waals surface area (Å²) in [5, 5.41) is 24.6. The van der Waals surface area contributed by atoms with E-state index in [0.29, 0.717) is 16.4 Å². The molecule has 0 aliphatic heterocycles. The fourth-order valence-corrected chi connectivity index (χ4v) is 2.15. The van der Waals surface area contributed by atoms with Crippen molar-refractivity contribution in [2.24, 2.45) is 0 Å². The van der Waals surface area contributed by atoms with E-state index in [4.69, 9.17) is 34.2 Å². The Balaban J connectivity index is 2.16. The second kappa shape index (κ2) is 7.59. The molecular formula is C16H12Cl2N4O2. The van der Waals surface area contributed by atoms with Crippen LogP contribution in [0.5, 0.6) is 5.75 Å². The lowest BCUT2D eigenvalue weighted by Crippen LogP contribution is -2.15. The van der Waals surface area contributed by atoms with E-state index in [9.17, 15) is 9.90 Å². The van der Waals surface area contributed by atoms with Gasteiger partial charge in [-0.3, -0.25) is 4.79 Å². The summed E-state index contributed by atoms with van der Waals surface area (Å²) in [5.41, 5.74) is 6.39. The number of carbonyl (C=O) groups excluding carboxylic acids is 1. The third kappa shape index (κ3) is 4.32. The molecule has 2 aromatic rings. The van der Waals surface area contributed by atoms with Gasteiger partial charge < -0.3 is 21.5 Å². The number of halogens is 2. The standard InChI is InChI=1S/C16H12Cl2N4O2/c17-10-1-4-15(23)14(5-10)21-8-9(7-19)16(24)22-13-3-2-11(20)6-12(13)18/h1-6,8,21,23H,20H2,(H,22,24)/b9-8-. The fourth-order valence-electron chi connectivity index (χ4n) is 1.74. The largest absolute Gasteiger partial charge is 0.506 e. The van der Waals surface area contributed by atoms with Crippen molar-refractivity contribution < 1.29 is 9.90 Å². The van der Waals surface area contributed by atoms with Crippen LogP contribution >= 0.6 is 23.2 Å². The Hall–Kier alpha value is -2.88. The van der Waals surface area contributed by atoms with Crippen molar-refractivity contribution in [2.75, 3.05) is 16.4 Å². The highest BCUT2D eigenvalue weighted by molar-refractivity contribution is 6.34. The second-order valence-corrected chi connectivity index (χ2v) is 5.51. The molecule has 24 heavy (non-hydrogen) atoms. The van der Waals surface area contributed by atoms with Gasteiger partial charge in [-0.25, -0.2) is 0 Å². The minimum Gasteiger partial charge on any atom is -0.506 e. The van der Waals surface area contributed by atoms with Gasteiger partial charge in [0.15, 0.2) is 0 Å². The van der Waals surface area contributed by atoms with Gasteiger partial charge in [-0.1, -0.05) is 23.2 Å². The van der Waals surface area contributed by atoms with E-state index >= 15 is 0 Å². The number of nitrogen functional groups attached to an aromatic ring is 1. The molecule has 0 aromatic heterocycles. The molecule has 1 amide bonds. The van der Waals surface area contributed by atoms with Crippen LogP contribution in [0.25, 0.3) is 0 Å². The maximum absolute atomic E-state index is 12.1. The van der Waals surface area contributed by atoms with Crippen LogP contribution in [0, 0.1) is 11.3 Å². The summed E-state index contributed by atoms with van der Waals surface area (Å²) in [6.45, 7) is 0. The molecule has 0 bridgehead atoms. The second-order valence-electron chi connectivity index (χ2n) is 4.67. The summed E-state index contributed by atoms with van der Waals surface area (Å²) in [7, 11) is 0. The zero-order chi connectivity index (χ0) is 17.7. The van der Waals surface area contributed by atoms with Crippen LogP contribution in [0.2, 0.25) is 10.0 Å². The molecule has 0 unspecified atom stereocenters. The van der Waals surface area contributed by atoms with E-state index in [-0.39, 0.29) is 22.0 Å². The fraction of sp³-hybridized carbons (Fsp3) is 0. The molecule has 0 aliphatic rings. The Morgan fingerprint density at radius 3 is 2.62 bits per heavy atom. The normalized spacial score (nSPS) is 10.8. The molecule has 0 aliphatic carbocycles. The maximum Gasteiger partial charge on any atom is 0.267 e. The number of hydrogen-bond acceptors (Lipinski definition) is 5. The molecule has 0 spiro atoms. The number of amides is 1. The van der Waals surface area contributed by atoms with Gasteiger partial charge in [-0.15, -0.1) is 0 Å². The van der Waals surface area contributed by atoms with Crippen LogP contribution < -0.4 is 16.4 Å². The average molecular weight is 363 g/mol. The smallest absolute Gasteiger partial charge is 0.267 e. The Bertz CT molecular complexity index is 860. The predicted molar refractivity (Wildman–Crippen MR) is 94.9 cm³/mol. The van der Waals surface area contributed by atoms with E-state index in [0.717, 1.165) is 6.20 Å². The molecule has 0 saturated heterocycles. The first-order valence-corrected chi connectivity index (χ1v) is 7.38. The minimum absolute atomic E-state index is 0.0741. The summed E-state index contributed by atoms with van der Waals surface area (Å²) >= 11 is 11.8. The third-order valence-electron chi connectivity index (χ3n) is 2.94. The molecular weight excluding hydrogens is 351 g/mol. The van der Waals surface area contributed by atoms with Crippen molar-refractivity contribution >= 4 is 46.2 Å². The molecule has 2 aromatic carbocycles. The highest BCUT2D eigenvalue weighted by Gasteiger charge is 2.12. The van der Waals surface area contributed by atoms with Crippen molar-refractivity contribution in [1.82, 2.24) is 0 Å². The number of phenolic OH excluding ortho intramolecular Hbond substituents is 1. The summed E-state index contributed by atoms with van der Waals surface area (Å²) in [4.78, 5) is 12.1. The molecule has 2 rings (SSSR count). The molecule has 6 nitrogen and oxygen atoms in total. The van der Waals surface area contributed by atoms with E-state index in [1.54, 1.807) is 12.1 Å². The van der Waals surface area contributed by atoms with Gasteiger partial charge in [0.05, 0.1) is 16.4 Å². The average Bonchev–Trinajstić information content (AvgIpc) is 2.54. The lowest BCUT2D eigenvalue weighted by molar-refractivity contribution is -0.112. The first-order chi connectivity index (χ1) is 11.4. The number of aromatic hydroxyl groups is 1. The molecule has 0 fully saturated rings. The Kier molecular flexibility index (Phi) is 5.53. The number of carbonyl (C=O) groups is 1. The van der Waals surface area contributed by atoms with Gasteiger partial charge in [-0.2, -0.15) is 5.26 Å². The number of nitrogens with two attached hydrogens (primary N) is 1.